The molecular formula is C12H18BrClN2O. The van der Waals surface area contributed by atoms with Crippen LogP contribution in [0.4, 0.5) is 0 Å². The number of nitrogens with one attached hydrogen (secondary N) is 2. The van der Waals surface area contributed by atoms with Crippen LogP contribution in [0.15, 0.2) is 22.7 Å². The van der Waals surface area contributed by atoms with Gasteiger partial charge < -0.3 is 15.4 Å². The average molecular weight is 322 g/mol. The lowest BCUT2D eigenvalue weighted by Crippen LogP contribution is -2.29. The van der Waals surface area contributed by atoms with E-state index in [1.807, 2.05) is 18.2 Å². The van der Waals surface area contributed by atoms with Gasteiger partial charge in [0.05, 0.1) is 11.6 Å². The first-order valence-electron chi connectivity index (χ1n) is 5.59. The zero-order chi connectivity index (χ0) is 12.5. The van der Waals surface area contributed by atoms with Gasteiger partial charge in [0.15, 0.2) is 0 Å². The van der Waals surface area contributed by atoms with Gasteiger partial charge in [0.25, 0.3) is 0 Å². The molecule has 0 unspecified atom stereocenters. The first-order valence-corrected chi connectivity index (χ1v) is 6.76. The summed E-state index contributed by atoms with van der Waals surface area (Å²) in [6.45, 7) is 4.25. The van der Waals surface area contributed by atoms with Crippen molar-refractivity contribution in [3.8, 4) is 0 Å². The van der Waals surface area contributed by atoms with Gasteiger partial charge in [-0.25, -0.2) is 0 Å². The molecule has 0 saturated heterocycles. The number of benzene rings is 1. The number of halogens is 2. The average Bonchev–Trinajstić information content (AvgIpc) is 2.33. The van der Waals surface area contributed by atoms with Crippen molar-refractivity contribution in [2.24, 2.45) is 0 Å². The van der Waals surface area contributed by atoms with Crippen LogP contribution in [-0.4, -0.2) is 33.4 Å². The van der Waals surface area contributed by atoms with Crippen LogP contribution in [0.5, 0.6) is 0 Å². The minimum atomic E-state index is 0.747. The number of hydrogen-bond acceptors (Lipinski definition) is 3. The maximum absolute atomic E-state index is 6.16. The van der Waals surface area contributed by atoms with E-state index in [1.165, 1.54) is 0 Å². The molecule has 0 spiro atoms. The number of methoxy groups -OCH3 is 1. The minimum absolute atomic E-state index is 0.747. The highest BCUT2D eigenvalue weighted by Gasteiger charge is 2.02. The van der Waals surface area contributed by atoms with Crippen molar-refractivity contribution in [3.05, 3.63) is 33.3 Å². The predicted octanol–water partition coefficient (Wildman–Crippen LogP) is 2.43. The Balaban J connectivity index is 2.16. The van der Waals surface area contributed by atoms with Crippen LogP contribution in [0.25, 0.3) is 0 Å². The molecule has 0 atom stereocenters. The van der Waals surface area contributed by atoms with Crippen molar-refractivity contribution in [1.29, 1.82) is 0 Å². The quantitative estimate of drug-likeness (QED) is 0.722. The summed E-state index contributed by atoms with van der Waals surface area (Å²) < 4.78 is 5.88. The van der Waals surface area contributed by atoms with Gasteiger partial charge in [-0.1, -0.05) is 23.7 Å². The molecule has 2 N–H and O–H groups in total. The van der Waals surface area contributed by atoms with E-state index < -0.39 is 0 Å². The van der Waals surface area contributed by atoms with E-state index in [0.717, 1.165) is 47.8 Å². The standard InChI is InChI=1S/C12H18BrClN2O/c1-17-8-7-15-5-6-16-9-10-3-2-4-11(13)12(10)14/h2-4,15-16H,5-9H2,1H3. The summed E-state index contributed by atoms with van der Waals surface area (Å²) >= 11 is 9.57. The monoisotopic (exact) mass is 320 g/mol. The Labute approximate surface area is 116 Å². The summed E-state index contributed by atoms with van der Waals surface area (Å²) in [6, 6.07) is 5.96. The topological polar surface area (TPSA) is 33.3 Å². The summed E-state index contributed by atoms with van der Waals surface area (Å²) in [5, 5.41) is 7.39. The molecule has 0 saturated carbocycles. The fraction of sp³-hybridized carbons (Fsp3) is 0.500. The van der Waals surface area contributed by atoms with E-state index in [9.17, 15) is 0 Å². The molecule has 0 aliphatic rings. The van der Waals surface area contributed by atoms with Gasteiger partial charge in [0, 0.05) is 37.8 Å². The summed E-state index contributed by atoms with van der Waals surface area (Å²) in [5.41, 5.74) is 1.11. The molecule has 96 valence electrons. The molecule has 1 aromatic carbocycles. The van der Waals surface area contributed by atoms with Gasteiger partial charge in [-0.3, -0.25) is 0 Å². The Hall–Kier alpha value is -0.130. The molecule has 5 heteroatoms. The van der Waals surface area contributed by atoms with Gasteiger partial charge in [0.1, 0.15) is 0 Å². The molecule has 0 aliphatic carbocycles. The fourth-order valence-electron chi connectivity index (χ4n) is 1.38. The largest absolute Gasteiger partial charge is 0.383 e. The second kappa shape index (κ2) is 8.89. The highest BCUT2D eigenvalue weighted by atomic mass is 79.9. The molecule has 1 aromatic rings. The van der Waals surface area contributed by atoms with Crippen LogP contribution in [0.1, 0.15) is 5.56 Å². The van der Waals surface area contributed by atoms with Crippen molar-refractivity contribution >= 4 is 27.5 Å². The van der Waals surface area contributed by atoms with E-state index in [1.54, 1.807) is 7.11 Å². The molecule has 0 amide bonds. The fourth-order valence-corrected chi connectivity index (χ4v) is 1.98. The third kappa shape index (κ3) is 5.84. The zero-order valence-corrected chi connectivity index (χ0v) is 12.3. The van der Waals surface area contributed by atoms with Crippen LogP contribution in [0.3, 0.4) is 0 Å². The lowest BCUT2D eigenvalue weighted by Gasteiger charge is -2.08. The number of rotatable bonds is 8. The van der Waals surface area contributed by atoms with Crippen LogP contribution in [-0.2, 0) is 11.3 Å². The molecule has 0 fully saturated rings. The molecule has 0 aliphatic heterocycles. The molecule has 3 nitrogen and oxygen atoms in total. The molecular weight excluding hydrogens is 304 g/mol. The first kappa shape index (κ1) is 14.9. The van der Waals surface area contributed by atoms with E-state index in [2.05, 4.69) is 26.6 Å². The van der Waals surface area contributed by atoms with E-state index >= 15 is 0 Å². The van der Waals surface area contributed by atoms with Gasteiger partial charge in [-0.15, -0.1) is 0 Å². The van der Waals surface area contributed by atoms with Gasteiger partial charge in [0.2, 0.25) is 0 Å². The van der Waals surface area contributed by atoms with E-state index in [4.69, 9.17) is 16.3 Å². The minimum Gasteiger partial charge on any atom is -0.383 e. The zero-order valence-electron chi connectivity index (χ0n) is 9.93. The SMILES string of the molecule is COCCNCCNCc1cccc(Br)c1Cl. The number of ether oxygens (including phenoxy) is 1. The van der Waals surface area contributed by atoms with Gasteiger partial charge >= 0.3 is 0 Å². The molecule has 0 aromatic heterocycles. The Bertz CT molecular complexity index is 336. The second-order valence-electron chi connectivity index (χ2n) is 3.63. The normalized spacial score (nSPS) is 10.8. The number of hydrogen-bond donors (Lipinski definition) is 2. The van der Waals surface area contributed by atoms with Gasteiger partial charge in [-0.2, -0.15) is 0 Å². The Kier molecular flexibility index (Phi) is 7.81. The van der Waals surface area contributed by atoms with Crippen LogP contribution < -0.4 is 10.6 Å². The predicted molar refractivity (Wildman–Crippen MR) is 75.6 cm³/mol. The molecule has 1 rings (SSSR count). The highest BCUT2D eigenvalue weighted by molar-refractivity contribution is 9.10. The molecule has 0 bridgehead atoms. The summed E-state index contributed by atoms with van der Waals surface area (Å²) in [5.74, 6) is 0. The lowest BCUT2D eigenvalue weighted by atomic mass is 10.2. The molecule has 17 heavy (non-hydrogen) atoms. The third-order valence-corrected chi connectivity index (χ3v) is 3.64. The third-order valence-electron chi connectivity index (χ3n) is 2.31. The van der Waals surface area contributed by atoms with Gasteiger partial charge in [-0.05, 0) is 27.6 Å². The van der Waals surface area contributed by atoms with E-state index in [0.29, 0.717) is 0 Å². The lowest BCUT2D eigenvalue weighted by molar-refractivity contribution is 0.199. The maximum atomic E-state index is 6.16. The Morgan fingerprint density at radius 1 is 1.24 bits per heavy atom. The van der Waals surface area contributed by atoms with Crippen molar-refractivity contribution < 1.29 is 4.74 Å². The molecule has 0 radical (unpaired) electrons. The second-order valence-corrected chi connectivity index (χ2v) is 4.86. The van der Waals surface area contributed by atoms with Crippen molar-refractivity contribution in [2.45, 2.75) is 6.54 Å². The van der Waals surface area contributed by atoms with Crippen LogP contribution in [0, 0.1) is 0 Å². The summed E-state index contributed by atoms with van der Waals surface area (Å²) in [7, 11) is 1.70. The van der Waals surface area contributed by atoms with Crippen molar-refractivity contribution in [3.63, 3.8) is 0 Å². The summed E-state index contributed by atoms with van der Waals surface area (Å²) in [6.07, 6.45) is 0. The van der Waals surface area contributed by atoms with Crippen molar-refractivity contribution in [1.82, 2.24) is 10.6 Å². The Morgan fingerprint density at radius 3 is 2.76 bits per heavy atom. The van der Waals surface area contributed by atoms with E-state index in [-0.39, 0.29) is 0 Å². The summed E-state index contributed by atoms with van der Waals surface area (Å²) in [4.78, 5) is 0. The van der Waals surface area contributed by atoms with Crippen LogP contribution >= 0.6 is 27.5 Å². The Morgan fingerprint density at radius 2 is 2.00 bits per heavy atom. The first-order chi connectivity index (χ1) is 8.25. The highest BCUT2D eigenvalue weighted by Crippen LogP contribution is 2.25. The molecule has 0 heterocycles. The van der Waals surface area contributed by atoms with Crippen LogP contribution in [0.2, 0.25) is 5.02 Å². The maximum Gasteiger partial charge on any atom is 0.0592 e. The smallest absolute Gasteiger partial charge is 0.0592 e. The van der Waals surface area contributed by atoms with Crippen molar-refractivity contribution in [2.75, 3.05) is 33.4 Å².